The Labute approximate surface area is 239 Å². The third-order valence-electron chi connectivity index (χ3n) is 9.32. The zero-order valence-corrected chi connectivity index (χ0v) is 23.7. The minimum absolute atomic E-state index is 0.177. The van der Waals surface area contributed by atoms with E-state index in [2.05, 4.69) is 10.6 Å². The molecule has 3 saturated carbocycles. The van der Waals surface area contributed by atoms with E-state index in [0.717, 1.165) is 45.8 Å². The second-order valence-electron chi connectivity index (χ2n) is 11.7. The Hall–Kier alpha value is -3.69. The van der Waals surface area contributed by atoms with Gasteiger partial charge in [0.05, 0.1) is 24.0 Å². The SMILES string of the molecule is Cc1cc(-c2ncc3c(nc([S+](C)[O-])c4cc(CN5CCOC5=O)n(C5C6CCC5C6)c43)c2F)c2ccccc2c1. The van der Waals surface area contributed by atoms with Crippen LogP contribution in [-0.4, -0.2) is 49.5 Å². The number of hydrogen-bond acceptors (Lipinski definition) is 5. The number of ether oxygens (including phenoxy) is 1. The lowest BCUT2D eigenvalue weighted by Gasteiger charge is -2.39. The van der Waals surface area contributed by atoms with Crippen molar-refractivity contribution in [3.63, 3.8) is 0 Å². The summed E-state index contributed by atoms with van der Waals surface area (Å²) in [4.78, 5) is 23.5. The molecule has 3 atom stereocenters. The number of hydrogen-bond donors (Lipinski definition) is 0. The fraction of sp³-hybridized carbons (Fsp3) is 0.344. The molecule has 41 heavy (non-hydrogen) atoms. The van der Waals surface area contributed by atoms with Gasteiger partial charge < -0.3 is 13.9 Å². The molecule has 2 aromatic carbocycles. The number of carbonyl (C=O) groups is 1. The summed E-state index contributed by atoms with van der Waals surface area (Å²) in [5.41, 5.74) is 3.89. The van der Waals surface area contributed by atoms with E-state index in [-0.39, 0.29) is 23.3 Å². The molecule has 4 heterocycles. The highest BCUT2D eigenvalue weighted by atomic mass is 32.2. The van der Waals surface area contributed by atoms with Gasteiger partial charge in [-0.3, -0.25) is 9.88 Å². The van der Waals surface area contributed by atoms with Gasteiger partial charge in [0, 0.05) is 40.1 Å². The monoisotopic (exact) mass is 568 g/mol. The van der Waals surface area contributed by atoms with E-state index in [0.29, 0.717) is 47.5 Å². The molecule has 4 aliphatic rings. The number of benzene rings is 2. The summed E-state index contributed by atoms with van der Waals surface area (Å²) in [7, 11) is 0. The highest BCUT2D eigenvalue weighted by Crippen LogP contribution is 2.58. The first-order valence-electron chi connectivity index (χ1n) is 14.2. The van der Waals surface area contributed by atoms with E-state index in [1.807, 2.05) is 43.3 Å². The molecule has 9 heteroatoms. The highest BCUT2D eigenvalue weighted by Gasteiger charge is 2.49. The molecule has 1 aliphatic heterocycles. The zero-order chi connectivity index (χ0) is 28.0. The molecule has 3 unspecified atom stereocenters. The van der Waals surface area contributed by atoms with Crippen LogP contribution in [-0.2, 0) is 22.5 Å². The Kier molecular flexibility index (Phi) is 5.60. The van der Waals surface area contributed by atoms with Crippen molar-refractivity contribution in [2.24, 2.45) is 11.8 Å². The van der Waals surface area contributed by atoms with Crippen LogP contribution in [0.4, 0.5) is 9.18 Å². The van der Waals surface area contributed by atoms with Gasteiger partial charge >= 0.3 is 6.09 Å². The van der Waals surface area contributed by atoms with Crippen molar-refractivity contribution < 1.29 is 18.5 Å². The maximum absolute atomic E-state index is 16.7. The maximum atomic E-state index is 16.7. The summed E-state index contributed by atoms with van der Waals surface area (Å²) in [6.07, 6.45) is 6.49. The number of pyridine rings is 2. The van der Waals surface area contributed by atoms with Crippen molar-refractivity contribution in [3.05, 3.63) is 65.7 Å². The van der Waals surface area contributed by atoms with E-state index >= 15 is 4.39 Å². The number of nitrogens with zero attached hydrogens (tertiary/aromatic N) is 4. The van der Waals surface area contributed by atoms with E-state index in [1.54, 1.807) is 17.4 Å². The first kappa shape index (κ1) is 25.1. The highest BCUT2D eigenvalue weighted by molar-refractivity contribution is 7.90. The van der Waals surface area contributed by atoms with Crippen LogP contribution in [0, 0.1) is 24.6 Å². The Bertz CT molecular complexity index is 1890. The van der Waals surface area contributed by atoms with Crippen LogP contribution < -0.4 is 0 Å². The van der Waals surface area contributed by atoms with Gasteiger partial charge in [-0.15, -0.1) is 0 Å². The van der Waals surface area contributed by atoms with Crippen molar-refractivity contribution in [1.29, 1.82) is 0 Å². The van der Waals surface area contributed by atoms with Crippen LogP contribution in [0.5, 0.6) is 0 Å². The minimum Gasteiger partial charge on any atom is -0.610 e. The Morgan fingerprint density at radius 1 is 1.12 bits per heavy atom. The fourth-order valence-electron chi connectivity index (χ4n) is 7.51. The molecule has 1 amide bonds. The molecule has 208 valence electrons. The van der Waals surface area contributed by atoms with Gasteiger partial charge in [-0.2, -0.15) is 4.98 Å². The van der Waals surface area contributed by atoms with E-state index in [4.69, 9.17) is 14.7 Å². The van der Waals surface area contributed by atoms with Gasteiger partial charge in [-0.1, -0.05) is 30.3 Å². The van der Waals surface area contributed by atoms with Crippen molar-refractivity contribution in [3.8, 4) is 11.3 Å². The zero-order valence-electron chi connectivity index (χ0n) is 22.9. The predicted octanol–water partition coefficient (Wildman–Crippen LogP) is 6.51. The van der Waals surface area contributed by atoms with Crippen molar-refractivity contribution in [1.82, 2.24) is 19.4 Å². The number of amides is 1. The number of carbonyl (C=O) groups excluding carboxylic acids is 1. The second-order valence-corrected chi connectivity index (χ2v) is 13.0. The van der Waals surface area contributed by atoms with Crippen LogP contribution in [0.2, 0.25) is 0 Å². The largest absolute Gasteiger partial charge is 0.610 e. The summed E-state index contributed by atoms with van der Waals surface area (Å²) in [5, 5.41) is 3.63. The topological polar surface area (TPSA) is 83.3 Å². The normalized spacial score (nSPS) is 22.6. The first-order chi connectivity index (χ1) is 19.9. The molecule has 1 saturated heterocycles. The van der Waals surface area contributed by atoms with Crippen LogP contribution in [0.25, 0.3) is 43.8 Å². The molecule has 0 radical (unpaired) electrons. The quantitative estimate of drug-likeness (QED) is 0.226. The average Bonchev–Trinajstić information content (AvgIpc) is 3.74. The lowest BCUT2D eigenvalue weighted by Crippen LogP contribution is -2.33. The standard InChI is InChI=1S/C32H29FN4O3S/c1-17-11-18-5-3-4-6-22(18)23(12-17)27-26(33)28-25(15-34-27)30-24(31(35-28)41(2)39)14-21(16-36-9-10-40-32(36)38)37(30)29-19-7-8-20(29)13-19/h3-6,11-12,14-15,19-20,29H,7-10,13,16H2,1-2H3. The number of halogens is 1. The van der Waals surface area contributed by atoms with Gasteiger partial charge in [0.25, 0.3) is 5.03 Å². The van der Waals surface area contributed by atoms with E-state index in [1.165, 1.54) is 6.42 Å². The second kappa shape index (κ2) is 9.16. The molecule has 4 fully saturated rings. The van der Waals surface area contributed by atoms with Crippen LogP contribution in [0.3, 0.4) is 0 Å². The van der Waals surface area contributed by atoms with Crippen molar-refractivity contribution in [2.75, 3.05) is 19.4 Å². The van der Waals surface area contributed by atoms with Gasteiger partial charge in [-0.05, 0) is 66.5 Å². The first-order valence-corrected chi connectivity index (χ1v) is 15.7. The van der Waals surface area contributed by atoms with Gasteiger partial charge in [-0.25, -0.2) is 9.18 Å². The molecule has 3 aromatic heterocycles. The molecule has 3 aliphatic carbocycles. The molecule has 7 nitrogen and oxygen atoms in total. The number of fused-ring (bicyclic) bond motifs is 5. The smallest absolute Gasteiger partial charge is 0.410 e. The molecule has 2 bridgehead atoms. The summed E-state index contributed by atoms with van der Waals surface area (Å²) in [6, 6.07) is 14.2. The molecule has 0 spiro atoms. The molecule has 9 rings (SSSR count). The Morgan fingerprint density at radius 2 is 1.93 bits per heavy atom. The number of aryl methyl sites for hydroxylation is 1. The van der Waals surface area contributed by atoms with Crippen LogP contribution >= 0.6 is 0 Å². The van der Waals surface area contributed by atoms with Crippen LogP contribution in [0.15, 0.2) is 53.7 Å². The molecular weight excluding hydrogens is 539 g/mol. The number of rotatable bonds is 5. The Morgan fingerprint density at radius 3 is 2.66 bits per heavy atom. The number of cyclic esters (lactones) is 1. The van der Waals surface area contributed by atoms with E-state index in [9.17, 15) is 9.35 Å². The summed E-state index contributed by atoms with van der Waals surface area (Å²) in [6.45, 7) is 3.26. The average molecular weight is 569 g/mol. The van der Waals surface area contributed by atoms with Crippen molar-refractivity contribution in [2.45, 2.75) is 43.8 Å². The molecule has 5 aromatic rings. The molecule has 0 N–H and O–H groups in total. The molecular formula is C32H29FN4O3S. The van der Waals surface area contributed by atoms with Gasteiger partial charge in [0.2, 0.25) is 0 Å². The lowest BCUT2D eigenvalue weighted by molar-refractivity contribution is 0.150. The third kappa shape index (κ3) is 3.71. The van der Waals surface area contributed by atoms with Crippen molar-refractivity contribution >= 4 is 49.8 Å². The fourth-order valence-corrected chi connectivity index (χ4v) is 8.20. The summed E-state index contributed by atoms with van der Waals surface area (Å²) in [5.74, 6) is 0.560. The van der Waals surface area contributed by atoms with E-state index < -0.39 is 17.0 Å². The lowest BCUT2D eigenvalue weighted by atomic mass is 9.78. The third-order valence-corrected chi connectivity index (χ3v) is 10.2. The Balaban J connectivity index is 1.41. The summed E-state index contributed by atoms with van der Waals surface area (Å²) < 4.78 is 37.3. The van der Waals surface area contributed by atoms with Gasteiger partial charge in [0.15, 0.2) is 5.82 Å². The number of aromatic nitrogens is 3. The van der Waals surface area contributed by atoms with Gasteiger partial charge in [0.1, 0.15) is 24.1 Å². The predicted molar refractivity (Wildman–Crippen MR) is 157 cm³/mol. The minimum atomic E-state index is -1.47. The van der Waals surface area contributed by atoms with Crippen LogP contribution in [0.1, 0.15) is 36.6 Å². The maximum Gasteiger partial charge on any atom is 0.410 e. The summed E-state index contributed by atoms with van der Waals surface area (Å²) >= 11 is -1.47.